The van der Waals surface area contributed by atoms with Gasteiger partial charge in [-0.05, 0) is 18.6 Å². The van der Waals surface area contributed by atoms with Crippen molar-refractivity contribution in [1.82, 2.24) is 0 Å². The van der Waals surface area contributed by atoms with Crippen LogP contribution in [0.2, 0.25) is 0 Å². The molecule has 4 nitrogen and oxygen atoms in total. The number of hydroxylamine groups is 1. The van der Waals surface area contributed by atoms with E-state index in [9.17, 15) is 10.0 Å². The molecule has 1 aromatic rings. The smallest absolute Gasteiger partial charge is 0.438 e. The minimum atomic E-state index is -0.752. The van der Waals surface area contributed by atoms with Gasteiger partial charge in [0.1, 0.15) is 0 Å². The number of anilines is 1. The van der Waals surface area contributed by atoms with Gasteiger partial charge in [0.15, 0.2) is 0 Å². The predicted molar refractivity (Wildman–Crippen MR) is 52.3 cm³/mol. The number of hydrogen-bond acceptors (Lipinski definition) is 3. The third-order valence-electron chi connectivity index (χ3n) is 1.60. The maximum atomic E-state index is 11.2. The Hall–Kier alpha value is -1.55. The van der Waals surface area contributed by atoms with Crippen LogP contribution in [0, 0.1) is 0 Å². The Morgan fingerprint density at radius 1 is 1.43 bits per heavy atom. The molecule has 0 unspecified atom stereocenters. The van der Waals surface area contributed by atoms with Crippen LogP contribution in [0.1, 0.15) is 13.3 Å². The highest BCUT2D eigenvalue weighted by molar-refractivity contribution is 5.84. The quantitative estimate of drug-likeness (QED) is 0.595. The lowest BCUT2D eigenvalue weighted by atomic mass is 10.3. The van der Waals surface area contributed by atoms with Gasteiger partial charge in [0.2, 0.25) is 0 Å². The maximum absolute atomic E-state index is 11.2. The topological polar surface area (TPSA) is 49.8 Å². The van der Waals surface area contributed by atoms with E-state index in [0.29, 0.717) is 17.4 Å². The molecule has 0 heterocycles. The van der Waals surface area contributed by atoms with Crippen LogP contribution in [0.3, 0.4) is 0 Å². The van der Waals surface area contributed by atoms with Crippen molar-refractivity contribution in [2.24, 2.45) is 0 Å². The van der Waals surface area contributed by atoms with E-state index in [1.165, 1.54) is 0 Å². The molecular formula is C10H13NO3. The third kappa shape index (κ3) is 2.74. The van der Waals surface area contributed by atoms with Gasteiger partial charge in [0, 0.05) is 0 Å². The molecule has 14 heavy (non-hydrogen) atoms. The molecule has 1 N–H and O–H groups in total. The molecule has 0 fully saturated rings. The molecule has 0 aliphatic heterocycles. The second-order valence-electron chi connectivity index (χ2n) is 2.76. The van der Waals surface area contributed by atoms with Gasteiger partial charge in [0.25, 0.3) is 0 Å². The molecule has 1 aromatic carbocycles. The molecule has 0 atom stereocenters. The summed E-state index contributed by atoms with van der Waals surface area (Å²) in [6.07, 6.45) is -0.0213. The Morgan fingerprint density at radius 2 is 2.07 bits per heavy atom. The van der Waals surface area contributed by atoms with Crippen LogP contribution in [-0.2, 0) is 4.74 Å². The maximum Gasteiger partial charge on any atom is 0.438 e. The number of nitrogens with zero attached hydrogens (tertiary/aromatic N) is 1. The van der Waals surface area contributed by atoms with Gasteiger partial charge in [-0.2, -0.15) is 5.06 Å². The number of benzene rings is 1. The van der Waals surface area contributed by atoms with E-state index in [1.54, 1.807) is 30.3 Å². The normalized spacial score (nSPS) is 9.57. The average molecular weight is 195 g/mol. The van der Waals surface area contributed by atoms with Crippen molar-refractivity contribution in [2.45, 2.75) is 13.3 Å². The number of para-hydroxylation sites is 1. The van der Waals surface area contributed by atoms with E-state index in [0.717, 1.165) is 6.42 Å². The van der Waals surface area contributed by atoms with Crippen molar-refractivity contribution in [3.63, 3.8) is 0 Å². The first-order chi connectivity index (χ1) is 6.75. The van der Waals surface area contributed by atoms with Gasteiger partial charge in [-0.25, -0.2) is 4.79 Å². The van der Waals surface area contributed by atoms with E-state index in [4.69, 9.17) is 4.74 Å². The Balaban J connectivity index is 2.57. The van der Waals surface area contributed by atoms with Gasteiger partial charge in [0.05, 0.1) is 12.3 Å². The summed E-state index contributed by atoms with van der Waals surface area (Å²) in [4.78, 5) is 11.2. The molecule has 0 aliphatic rings. The zero-order valence-corrected chi connectivity index (χ0v) is 8.01. The number of hydrogen-bond donors (Lipinski definition) is 1. The summed E-state index contributed by atoms with van der Waals surface area (Å²) < 4.78 is 4.74. The van der Waals surface area contributed by atoms with E-state index < -0.39 is 6.09 Å². The second kappa shape index (κ2) is 5.24. The summed E-state index contributed by atoms with van der Waals surface area (Å²) in [5, 5.41) is 9.87. The van der Waals surface area contributed by atoms with E-state index in [2.05, 4.69) is 0 Å². The zero-order chi connectivity index (χ0) is 10.4. The van der Waals surface area contributed by atoms with Crippen molar-refractivity contribution in [3.05, 3.63) is 30.3 Å². The molecule has 4 heteroatoms. The molecule has 0 radical (unpaired) electrons. The first-order valence-electron chi connectivity index (χ1n) is 4.46. The highest BCUT2D eigenvalue weighted by Gasteiger charge is 2.13. The van der Waals surface area contributed by atoms with Crippen LogP contribution in [0.4, 0.5) is 10.5 Å². The van der Waals surface area contributed by atoms with Gasteiger partial charge in [-0.15, -0.1) is 0 Å². The molecule has 0 bridgehead atoms. The van der Waals surface area contributed by atoms with Gasteiger partial charge < -0.3 is 4.74 Å². The van der Waals surface area contributed by atoms with Crippen molar-refractivity contribution < 1.29 is 14.7 Å². The summed E-state index contributed by atoms with van der Waals surface area (Å²) in [5.74, 6) is 0. The van der Waals surface area contributed by atoms with Crippen molar-refractivity contribution in [2.75, 3.05) is 11.7 Å². The van der Waals surface area contributed by atoms with Crippen molar-refractivity contribution in [1.29, 1.82) is 0 Å². The molecule has 1 amide bonds. The molecule has 0 spiro atoms. The van der Waals surface area contributed by atoms with E-state index in [-0.39, 0.29) is 0 Å². The largest absolute Gasteiger partial charge is 0.448 e. The number of ether oxygens (including phenoxy) is 1. The molecule has 0 saturated heterocycles. The molecule has 76 valence electrons. The molecule has 0 aliphatic carbocycles. The SMILES string of the molecule is CCCOC(=O)N(O)c1ccccc1. The molecule has 0 aromatic heterocycles. The molecule has 0 saturated carbocycles. The Labute approximate surface area is 82.7 Å². The van der Waals surface area contributed by atoms with E-state index in [1.807, 2.05) is 6.92 Å². The Kier molecular flexibility index (Phi) is 3.94. The van der Waals surface area contributed by atoms with Crippen LogP contribution < -0.4 is 5.06 Å². The van der Waals surface area contributed by atoms with Crippen molar-refractivity contribution >= 4 is 11.8 Å². The summed E-state index contributed by atoms with van der Waals surface area (Å²) in [5.41, 5.74) is 0.397. The summed E-state index contributed by atoms with van der Waals surface area (Å²) in [6.45, 7) is 2.19. The van der Waals surface area contributed by atoms with Crippen molar-refractivity contribution in [3.8, 4) is 0 Å². The lowest BCUT2D eigenvalue weighted by Gasteiger charge is -2.13. The fourth-order valence-electron chi connectivity index (χ4n) is 0.925. The molecular weight excluding hydrogens is 182 g/mol. The number of carbonyl (C=O) groups is 1. The highest BCUT2D eigenvalue weighted by atomic mass is 16.6. The number of amides is 1. The minimum Gasteiger partial charge on any atom is -0.448 e. The average Bonchev–Trinajstić information content (AvgIpc) is 2.26. The van der Waals surface area contributed by atoms with Gasteiger partial charge in [-0.3, -0.25) is 5.21 Å². The standard InChI is InChI=1S/C10H13NO3/c1-2-8-14-10(12)11(13)9-6-4-3-5-7-9/h3-7,13H,2,8H2,1H3. The number of rotatable bonds is 3. The summed E-state index contributed by atoms with van der Waals surface area (Å²) in [6, 6.07) is 8.49. The van der Waals surface area contributed by atoms with Crippen LogP contribution in [0.15, 0.2) is 30.3 Å². The van der Waals surface area contributed by atoms with Gasteiger partial charge >= 0.3 is 6.09 Å². The Morgan fingerprint density at radius 3 is 2.64 bits per heavy atom. The van der Waals surface area contributed by atoms with Crippen LogP contribution in [0.5, 0.6) is 0 Å². The number of carbonyl (C=O) groups excluding carboxylic acids is 1. The van der Waals surface area contributed by atoms with Gasteiger partial charge in [-0.1, -0.05) is 25.1 Å². The first-order valence-corrected chi connectivity index (χ1v) is 4.46. The lowest BCUT2D eigenvalue weighted by molar-refractivity contribution is 0.120. The van der Waals surface area contributed by atoms with E-state index >= 15 is 0 Å². The molecule has 1 rings (SSSR count). The lowest BCUT2D eigenvalue weighted by Crippen LogP contribution is -2.27. The third-order valence-corrected chi connectivity index (χ3v) is 1.60. The fraction of sp³-hybridized carbons (Fsp3) is 0.300. The second-order valence-corrected chi connectivity index (χ2v) is 2.76. The predicted octanol–water partition coefficient (Wildman–Crippen LogP) is 2.43. The van der Waals surface area contributed by atoms with Crippen LogP contribution >= 0.6 is 0 Å². The van der Waals surface area contributed by atoms with Crippen LogP contribution in [-0.4, -0.2) is 17.9 Å². The minimum absolute atomic E-state index is 0.308. The first kappa shape index (κ1) is 10.5. The summed E-state index contributed by atoms with van der Waals surface area (Å²) >= 11 is 0. The Bertz CT molecular complexity index is 287. The fourth-order valence-corrected chi connectivity index (χ4v) is 0.925. The monoisotopic (exact) mass is 195 g/mol. The highest BCUT2D eigenvalue weighted by Crippen LogP contribution is 2.11. The zero-order valence-electron chi connectivity index (χ0n) is 8.01. The van der Waals surface area contributed by atoms with Crippen LogP contribution in [0.25, 0.3) is 0 Å². The summed E-state index contributed by atoms with van der Waals surface area (Å²) in [7, 11) is 0.